The minimum Gasteiger partial charge on any atom is -0.508 e. The Labute approximate surface area is 166 Å². The molecule has 1 saturated carbocycles. The molecule has 2 unspecified atom stereocenters. The first-order valence-electron chi connectivity index (χ1n) is 10.7. The maximum atomic E-state index is 13.4. The molecule has 28 heavy (non-hydrogen) atoms. The van der Waals surface area contributed by atoms with Crippen molar-refractivity contribution in [1.29, 1.82) is 0 Å². The van der Waals surface area contributed by atoms with Crippen LogP contribution in [-0.4, -0.2) is 65.2 Å². The van der Waals surface area contributed by atoms with Gasteiger partial charge in [0.2, 0.25) is 5.91 Å². The van der Waals surface area contributed by atoms with Crippen molar-refractivity contribution in [2.24, 2.45) is 11.8 Å². The third kappa shape index (κ3) is 2.71. The summed E-state index contributed by atoms with van der Waals surface area (Å²) in [5, 5.41) is 11.2. The highest BCUT2D eigenvalue weighted by Gasteiger charge is 2.48. The minimum absolute atomic E-state index is 0.188. The Morgan fingerprint density at radius 1 is 1.29 bits per heavy atom. The number of piperidine rings is 2. The number of carbonyl (C=O) groups excluding carboxylic acids is 1. The molecule has 1 N–H and O–H groups in total. The fourth-order valence-electron chi connectivity index (χ4n) is 6.36. The van der Waals surface area contributed by atoms with Crippen LogP contribution in [0.4, 0.5) is 0 Å². The highest BCUT2D eigenvalue weighted by atomic mass is 16.3. The second-order valence-electron chi connectivity index (χ2n) is 9.50. The van der Waals surface area contributed by atoms with E-state index in [9.17, 15) is 9.90 Å². The number of fused-ring (bicyclic) bond motifs is 4. The van der Waals surface area contributed by atoms with Gasteiger partial charge in [-0.05, 0) is 69.0 Å². The molecule has 2 aromatic rings. The van der Waals surface area contributed by atoms with Gasteiger partial charge in [0.25, 0.3) is 0 Å². The van der Waals surface area contributed by atoms with Gasteiger partial charge in [-0.25, -0.2) is 0 Å². The number of phenols is 1. The predicted octanol–water partition coefficient (Wildman–Crippen LogP) is 3.31. The summed E-state index contributed by atoms with van der Waals surface area (Å²) in [7, 11) is 4.03. The summed E-state index contributed by atoms with van der Waals surface area (Å²) in [6, 6.07) is 6.08. The lowest BCUT2D eigenvalue weighted by atomic mass is 9.66. The third-order valence-corrected chi connectivity index (χ3v) is 7.32. The summed E-state index contributed by atoms with van der Waals surface area (Å²) in [6.45, 7) is 5.43. The Balaban J connectivity index is 1.70. The molecule has 1 aromatic heterocycles. The van der Waals surface area contributed by atoms with Crippen LogP contribution in [-0.2, 0) is 6.42 Å². The maximum Gasteiger partial charge on any atom is 0.232 e. The van der Waals surface area contributed by atoms with E-state index in [0.29, 0.717) is 24.3 Å². The van der Waals surface area contributed by atoms with Gasteiger partial charge >= 0.3 is 0 Å². The number of aromatic hydroxyl groups is 1. The average Bonchev–Trinajstić information content (AvgIpc) is 2.91. The molecule has 1 aliphatic carbocycles. The monoisotopic (exact) mass is 381 g/mol. The maximum absolute atomic E-state index is 13.4. The van der Waals surface area contributed by atoms with Crippen molar-refractivity contribution in [3.05, 3.63) is 29.5 Å². The zero-order valence-corrected chi connectivity index (χ0v) is 17.2. The van der Waals surface area contributed by atoms with Crippen LogP contribution in [0.5, 0.6) is 5.75 Å². The topological polar surface area (TPSA) is 48.7 Å². The molecule has 6 rings (SSSR count). The quantitative estimate of drug-likeness (QED) is 0.886. The van der Waals surface area contributed by atoms with E-state index in [4.69, 9.17) is 0 Å². The van der Waals surface area contributed by atoms with Gasteiger partial charge in [0.1, 0.15) is 5.75 Å². The Kier molecular flexibility index (Phi) is 4.29. The summed E-state index contributed by atoms with van der Waals surface area (Å²) in [5.74, 6) is 2.33. The van der Waals surface area contributed by atoms with Crippen LogP contribution < -0.4 is 0 Å². The molecule has 5 nitrogen and oxygen atoms in total. The molecule has 0 spiro atoms. The minimum atomic E-state index is 0.188. The van der Waals surface area contributed by atoms with Gasteiger partial charge in [-0.2, -0.15) is 0 Å². The lowest BCUT2D eigenvalue weighted by molar-refractivity contribution is -0.00588. The van der Waals surface area contributed by atoms with Crippen molar-refractivity contribution in [2.75, 3.05) is 33.7 Å². The summed E-state index contributed by atoms with van der Waals surface area (Å²) in [6.07, 6.45) is 4.00. The van der Waals surface area contributed by atoms with E-state index >= 15 is 0 Å². The van der Waals surface area contributed by atoms with Gasteiger partial charge in [0.05, 0.1) is 5.52 Å². The van der Waals surface area contributed by atoms with Gasteiger partial charge in [0.15, 0.2) is 0 Å². The largest absolute Gasteiger partial charge is 0.508 e. The number of aromatic nitrogens is 1. The van der Waals surface area contributed by atoms with Crippen LogP contribution in [0.2, 0.25) is 0 Å². The van der Waals surface area contributed by atoms with Gasteiger partial charge in [-0.3, -0.25) is 14.3 Å². The Morgan fingerprint density at radius 2 is 2.11 bits per heavy atom. The second-order valence-corrected chi connectivity index (χ2v) is 9.50. The van der Waals surface area contributed by atoms with Gasteiger partial charge in [-0.1, -0.05) is 6.92 Å². The van der Waals surface area contributed by atoms with E-state index in [-0.39, 0.29) is 11.7 Å². The van der Waals surface area contributed by atoms with E-state index in [2.05, 4.69) is 16.7 Å². The summed E-state index contributed by atoms with van der Waals surface area (Å²) < 4.78 is 2.04. The molecule has 4 aliphatic rings. The number of rotatable bonds is 3. The van der Waals surface area contributed by atoms with Crippen LogP contribution >= 0.6 is 0 Å². The smallest absolute Gasteiger partial charge is 0.232 e. The summed E-state index contributed by atoms with van der Waals surface area (Å²) in [5.41, 5.74) is 3.54. The van der Waals surface area contributed by atoms with Crippen LogP contribution in [0.3, 0.4) is 0 Å². The fourth-order valence-corrected chi connectivity index (χ4v) is 6.36. The second kappa shape index (κ2) is 6.60. The highest BCUT2D eigenvalue weighted by Crippen LogP contribution is 2.51. The molecule has 0 radical (unpaired) electrons. The number of benzene rings is 1. The van der Waals surface area contributed by atoms with Crippen molar-refractivity contribution < 1.29 is 9.90 Å². The van der Waals surface area contributed by atoms with Gasteiger partial charge in [0, 0.05) is 49.1 Å². The van der Waals surface area contributed by atoms with Crippen LogP contribution in [0, 0.1) is 11.8 Å². The van der Waals surface area contributed by atoms with E-state index in [1.165, 1.54) is 30.6 Å². The van der Waals surface area contributed by atoms with Crippen molar-refractivity contribution in [3.8, 4) is 5.75 Å². The third-order valence-electron chi connectivity index (χ3n) is 7.32. The number of nitrogens with zero attached hydrogens (tertiary/aromatic N) is 3. The summed E-state index contributed by atoms with van der Waals surface area (Å²) in [4.78, 5) is 18.2. The van der Waals surface area contributed by atoms with Crippen molar-refractivity contribution >= 4 is 16.8 Å². The number of phenolic OH excluding ortho intramolecular Hbond substituents is 1. The molecule has 3 aliphatic heterocycles. The molecular formula is C23H31N3O2. The molecule has 3 fully saturated rings. The van der Waals surface area contributed by atoms with Gasteiger partial charge in [-0.15, -0.1) is 0 Å². The molecule has 5 heteroatoms. The molecular weight excluding hydrogens is 350 g/mol. The van der Waals surface area contributed by atoms with Gasteiger partial charge < -0.3 is 10.0 Å². The highest BCUT2D eigenvalue weighted by molar-refractivity contribution is 5.97. The molecule has 0 amide bonds. The van der Waals surface area contributed by atoms with Crippen molar-refractivity contribution in [1.82, 2.24) is 14.4 Å². The Hall–Kier alpha value is -1.85. The standard InChI is InChI=1S/C23H31N3O2/c1-14-10-15-11-19-22(14)25(13-15)9-6-17-18-12-16(27)4-5-20(18)26(23(17)19)21(28)7-8-24(2)3/h4-5,12,14-15,19,22,27H,6-11,13H2,1-3H3/t14-,15-,19+,22?/m0/s1. The fraction of sp³-hybridized carbons (Fsp3) is 0.609. The van der Waals surface area contributed by atoms with Crippen LogP contribution in [0.1, 0.15) is 48.2 Å². The number of hydrogen-bond acceptors (Lipinski definition) is 4. The lowest BCUT2D eigenvalue weighted by Gasteiger charge is -2.52. The zero-order chi connectivity index (χ0) is 19.6. The first-order chi connectivity index (χ1) is 13.4. The lowest BCUT2D eigenvalue weighted by Crippen LogP contribution is -2.55. The summed E-state index contributed by atoms with van der Waals surface area (Å²) >= 11 is 0. The first kappa shape index (κ1) is 18.2. The molecule has 5 atom stereocenters. The molecule has 4 heterocycles. The van der Waals surface area contributed by atoms with Crippen molar-refractivity contribution in [3.63, 3.8) is 0 Å². The number of carbonyl (C=O) groups is 1. The Morgan fingerprint density at radius 3 is 2.86 bits per heavy atom. The van der Waals surface area contributed by atoms with E-state index in [1.807, 2.05) is 30.8 Å². The zero-order valence-electron chi connectivity index (χ0n) is 17.2. The normalized spacial score (nSPS) is 31.2. The Bertz CT molecular complexity index is 932. The van der Waals surface area contributed by atoms with Crippen LogP contribution in [0.15, 0.2) is 18.2 Å². The predicted molar refractivity (Wildman–Crippen MR) is 111 cm³/mol. The number of hydrogen-bond donors (Lipinski definition) is 1. The molecule has 2 saturated heterocycles. The van der Waals surface area contributed by atoms with E-state index in [0.717, 1.165) is 36.3 Å². The van der Waals surface area contributed by atoms with E-state index < -0.39 is 0 Å². The first-order valence-corrected chi connectivity index (χ1v) is 10.7. The van der Waals surface area contributed by atoms with Crippen LogP contribution in [0.25, 0.3) is 10.9 Å². The van der Waals surface area contributed by atoms with E-state index in [1.54, 1.807) is 6.07 Å². The average molecular weight is 382 g/mol. The molecule has 1 aromatic carbocycles. The molecule has 150 valence electrons. The van der Waals surface area contributed by atoms with Crippen molar-refractivity contribution in [2.45, 2.75) is 44.6 Å². The SMILES string of the molecule is C[C@H]1C[C@H]2C[C@H]3c4c(c5cc(O)ccc5n4C(=O)CCN(C)C)CCN(C2)C13. The molecule has 4 bridgehead atoms.